The molecule has 0 unspecified atom stereocenters. The van der Waals surface area contributed by atoms with Crippen LogP contribution in [0.25, 0.3) is 0 Å². The minimum absolute atomic E-state index is 0.144. The summed E-state index contributed by atoms with van der Waals surface area (Å²) in [6, 6.07) is 6.37. The minimum atomic E-state index is -3.60. The molecule has 0 aliphatic heterocycles. The van der Waals surface area contributed by atoms with Crippen LogP contribution >= 0.6 is 11.3 Å². The quantitative estimate of drug-likeness (QED) is 0.882. The molecule has 0 amide bonds. The zero-order valence-corrected chi connectivity index (χ0v) is 13.4. The van der Waals surface area contributed by atoms with Crippen LogP contribution in [0.4, 0.5) is 0 Å². The second-order valence-corrected chi connectivity index (χ2v) is 7.35. The average molecular weight is 327 g/mol. The molecule has 1 N–H and O–H groups in total. The molecule has 1 heterocycles. The monoisotopic (exact) mass is 327 g/mol. The molecule has 2 rings (SSSR count). The summed E-state index contributed by atoms with van der Waals surface area (Å²) in [5.74, 6) is 0.469. The van der Waals surface area contributed by atoms with E-state index in [4.69, 9.17) is 4.74 Å². The highest BCUT2D eigenvalue weighted by Gasteiger charge is 2.22. The van der Waals surface area contributed by atoms with Gasteiger partial charge in [0.25, 0.3) is 0 Å². The Morgan fingerprint density at radius 1 is 1.33 bits per heavy atom. The molecule has 21 heavy (non-hydrogen) atoms. The topological polar surface area (TPSA) is 66.8 Å². The van der Waals surface area contributed by atoms with E-state index in [1.165, 1.54) is 41.9 Å². The number of aliphatic hydroxyl groups is 1. The highest BCUT2D eigenvalue weighted by atomic mass is 32.2. The fourth-order valence-electron chi connectivity index (χ4n) is 1.94. The number of sulfonamides is 1. The van der Waals surface area contributed by atoms with E-state index in [-0.39, 0.29) is 11.5 Å². The summed E-state index contributed by atoms with van der Waals surface area (Å²) in [7, 11) is -0.586. The molecule has 0 aliphatic carbocycles. The van der Waals surface area contributed by atoms with Crippen LogP contribution < -0.4 is 4.74 Å². The molecule has 114 valence electrons. The van der Waals surface area contributed by atoms with Crippen LogP contribution in [0.3, 0.4) is 0 Å². The molecular formula is C14H17NO4S2. The average Bonchev–Trinajstić information content (AvgIpc) is 2.99. The largest absolute Gasteiger partial charge is 0.496 e. The first-order chi connectivity index (χ1) is 9.98. The summed E-state index contributed by atoms with van der Waals surface area (Å²) >= 11 is 1.53. The van der Waals surface area contributed by atoms with E-state index in [9.17, 15) is 13.5 Å². The maximum absolute atomic E-state index is 12.5. The number of ether oxygens (including phenoxy) is 1. The lowest BCUT2D eigenvalue weighted by atomic mass is 10.2. The van der Waals surface area contributed by atoms with Gasteiger partial charge in [-0.25, -0.2) is 8.42 Å². The van der Waals surface area contributed by atoms with Crippen LogP contribution in [-0.4, -0.2) is 32.0 Å². The molecule has 0 spiro atoms. The molecule has 0 bridgehead atoms. The van der Waals surface area contributed by atoms with Gasteiger partial charge in [-0.15, -0.1) is 0 Å². The van der Waals surface area contributed by atoms with Crippen LogP contribution in [0.15, 0.2) is 39.9 Å². The van der Waals surface area contributed by atoms with Crippen LogP contribution in [0.5, 0.6) is 5.75 Å². The number of benzene rings is 1. The SMILES string of the molecule is COc1ccc(S(=O)(=O)N(C)Cc2ccsc2)cc1CO. The molecule has 0 aliphatic rings. The van der Waals surface area contributed by atoms with Gasteiger partial charge in [0.15, 0.2) is 0 Å². The molecule has 5 nitrogen and oxygen atoms in total. The number of hydrogen-bond donors (Lipinski definition) is 1. The van der Waals surface area contributed by atoms with E-state index in [2.05, 4.69) is 0 Å². The standard InChI is InChI=1S/C14H17NO4S2/c1-15(8-11-5-6-20-10-11)21(17,18)13-3-4-14(19-2)12(7-13)9-16/h3-7,10,16H,8-9H2,1-2H3. The first-order valence-corrected chi connectivity index (χ1v) is 8.62. The van der Waals surface area contributed by atoms with E-state index in [0.717, 1.165) is 5.56 Å². The van der Waals surface area contributed by atoms with Crippen LogP contribution in [0, 0.1) is 0 Å². The van der Waals surface area contributed by atoms with Gasteiger partial charge >= 0.3 is 0 Å². The van der Waals surface area contributed by atoms with Gasteiger partial charge in [0.05, 0.1) is 18.6 Å². The third-order valence-corrected chi connectivity index (χ3v) is 5.65. The highest BCUT2D eigenvalue weighted by Crippen LogP contribution is 2.25. The Hall–Kier alpha value is -1.41. The lowest BCUT2D eigenvalue weighted by Gasteiger charge is -2.17. The molecule has 0 fully saturated rings. The second-order valence-electron chi connectivity index (χ2n) is 4.52. The molecule has 7 heteroatoms. The third-order valence-electron chi connectivity index (χ3n) is 3.12. The predicted octanol–water partition coefficient (Wildman–Crippen LogP) is 2.07. The van der Waals surface area contributed by atoms with Gasteiger partial charge in [-0.2, -0.15) is 15.6 Å². The van der Waals surface area contributed by atoms with E-state index in [1.807, 2.05) is 16.8 Å². The van der Waals surface area contributed by atoms with Gasteiger partial charge in [-0.05, 0) is 40.6 Å². The number of aliphatic hydroxyl groups excluding tert-OH is 1. The predicted molar refractivity (Wildman–Crippen MR) is 81.9 cm³/mol. The first kappa shape index (κ1) is 16.0. The first-order valence-electron chi connectivity index (χ1n) is 6.24. The zero-order chi connectivity index (χ0) is 15.5. The smallest absolute Gasteiger partial charge is 0.243 e. The van der Waals surface area contributed by atoms with E-state index in [1.54, 1.807) is 6.07 Å². The lowest BCUT2D eigenvalue weighted by Crippen LogP contribution is -2.26. The normalized spacial score (nSPS) is 11.8. The summed E-state index contributed by atoms with van der Waals surface area (Å²) in [6.07, 6.45) is 0. The van der Waals surface area contributed by atoms with Crippen molar-refractivity contribution in [2.45, 2.75) is 18.0 Å². The zero-order valence-electron chi connectivity index (χ0n) is 11.8. The Bertz CT molecular complexity index is 696. The summed E-state index contributed by atoms with van der Waals surface area (Å²) < 4.78 is 31.4. The molecule has 2 aromatic rings. The van der Waals surface area contributed by atoms with Gasteiger partial charge in [0, 0.05) is 19.2 Å². The summed E-state index contributed by atoms with van der Waals surface area (Å²) in [5, 5.41) is 13.1. The highest BCUT2D eigenvalue weighted by molar-refractivity contribution is 7.89. The van der Waals surface area contributed by atoms with Gasteiger partial charge < -0.3 is 9.84 Å². The number of thiophene rings is 1. The van der Waals surface area contributed by atoms with Crippen molar-refractivity contribution in [2.75, 3.05) is 14.2 Å². The molecule has 1 aromatic heterocycles. The Balaban J connectivity index is 2.30. The number of nitrogens with zero attached hydrogens (tertiary/aromatic N) is 1. The number of rotatable bonds is 6. The maximum Gasteiger partial charge on any atom is 0.243 e. The van der Waals surface area contributed by atoms with Gasteiger partial charge in [-0.1, -0.05) is 0 Å². The van der Waals surface area contributed by atoms with Crippen molar-refractivity contribution >= 4 is 21.4 Å². The summed E-state index contributed by atoms with van der Waals surface area (Å²) in [4.78, 5) is 0.144. The van der Waals surface area contributed by atoms with Crippen molar-refractivity contribution in [1.29, 1.82) is 0 Å². The molecule has 0 saturated heterocycles. The molecular weight excluding hydrogens is 310 g/mol. The molecule has 1 aromatic carbocycles. The van der Waals surface area contributed by atoms with Crippen LogP contribution in [-0.2, 0) is 23.2 Å². The lowest BCUT2D eigenvalue weighted by molar-refractivity contribution is 0.273. The van der Waals surface area contributed by atoms with Crippen molar-refractivity contribution in [3.63, 3.8) is 0 Å². The maximum atomic E-state index is 12.5. The Morgan fingerprint density at radius 2 is 2.10 bits per heavy atom. The van der Waals surface area contributed by atoms with Crippen LogP contribution in [0.1, 0.15) is 11.1 Å². The van der Waals surface area contributed by atoms with Crippen molar-refractivity contribution in [2.24, 2.45) is 0 Å². The van der Waals surface area contributed by atoms with E-state index in [0.29, 0.717) is 17.9 Å². The Morgan fingerprint density at radius 3 is 2.67 bits per heavy atom. The van der Waals surface area contributed by atoms with E-state index < -0.39 is 10.0 Å². The Labute approximate surface area is 128 Å². The second kappa shape index (κ2) is 6.57. The van der Waals surface area contributed by atoms with Crippen LogP contribution in [0.2, 0.25) is 0 Å². The number of methoxy groups -OCH3 is 1. The fourth-order valence-corrected chi connectivity index (χ4v) is 3.81. The van der Waals surface area contributed by atoms with Crippen molar-refractivity contribution in [1.82, 2.24) is 4.31 Å². The summed E-state index contributed by atoms with van der Waals surface area (Å²) in [6.45, 7) is 0.0348. The third kappa shape index (κ3) is 3.44. The van der Waals surface area contributed by atoms with Gasteiger partial charge in [0.1, 0.15) is 5.75 Å². The number of hydrogen-bond acceptors (Lipinski definition) is 5. The fraction of sp³-hybridized carbons (Fsp3) is 0.286. The minimum Gasteiger partial charge on any atom is -0.496 e. The van der Waals surface area contributed by atoms with Crippen molar-refractivity contribution < 1.29 is 18.3 Å². The molecule has 0 atom stereocenters. The summed E-state index contributed by atoms with van der Waals surface area (Å²) in [5.41, 5.74) is 1.39. The Kier molecular flexibility index (Phi) is 5.00. The molecule has 0 radical (unpaired) electrons. The van der Waals surface area contributed by atoms with E-state index >= 15 is 0 Å². The van der Waals surface area contributed by atoms with Crippen molar-refractivity contribution in [3.8, 4) is 5.75 Å². The molecule has 0 saturated carbocycles. The van der Waals surface area contributed by atoms with Gasteiger partial charge in [0.2, 0.25) is 10.0 Å². The van der Waals surface area contributed by atoms with Crippen molar-refractivity contribution in [3.05, 3.63) is 46.2 Å². The van der Waals surface area contributed by atoms with Gasteiger partial charge in [-0.3, -0.25) is 0 Å².